The first-order valence-corrected chi connectivity index (χ1v) is 4.00. The Morgan fingerprint density at radius 2 is 0.667 bits per heavy atom. The van der Waals surface area contributed by atoms with E-state index in [2.05, 4.69) is 0 Å². The summed E-state index contributed by atoms with van der Waals surface area (Å²) in [4.78, 5) is 0. The summed E-state index contributed by atoms with van der Waals surface area (Å²) in [6.45, 7) is 4.00. The van der Waals surface area contributed by atoms with E-state index in [0.717, 1.165) is 0 Å². The first kappa shape index (κ1) is 11.8. The lowest BCUT2D eigenvalue weighted by atomic mass is 10.0. The SMILES string of the molecule is C.C1CCCCC1.CC. The standard InChI is InChI=1S/C6H12.C2H6.CH4/c1-2-4-6-5-3-1;1-2;/h1-6H2;1-2H3;1H4. The Kier molecular flexibility index (Phi) is 14.2. The summed E-state index contributed by atoms with van der Waals surface area (Å²) in [5, 5.41) is 0. The van der Waals surface area contributed by atoms with Crippen LogP contribution < -0.4 is 0 Å². The van der Waals surface area contributed by atoms with Crippen molar-refractivity contribution in [3.05, 3.63) is 0 Å². The lowest BCUT2D eigenvalue weighted by molar-refractivity contribution is 0.504. The Labute approximate surface area is 60.7 Å². The summed E-state index contributed by atoms with van der Waals surface area (Å²) < 4.78 is 0. The van der Waals surface area contributed by atoms with Gasteiger partial charge in [-0.3, -0.25) is 0 Å². The van der Waals surface area contributed by atoms with Crippen LogP contribution >= 0.6 is 0 Å². The van der Waals surface area contributed by atoms with Gasteiger partial charge in [-0.2, -0.15) is 0 Å². The first-order chi connectivity index (χ1) is 4.00. The topological polar surface area (TPSA) is 0 Å². The van der Waals surface area contributed by atoms with E-state index in [1.165, 1.54) is 38.5 Å². The zero-order chi connectivity index (χ0) is 6.24. The second kappa shape index (κ2) is 10.9. The van der Waals surface area contributed by atoms with Gasteiger partial charge in [0, 0.05) is 0 Å². The molecule has 58 valence electrons. The third-order valence-corrected chi connectivity index (χ3v) is 1.50. The molecule has 1 saturated carbocycles. The quantitative estimate of drug-likeness (QED) is 0.465. The molecule has 1 rings (SSSR count). The largest absolute Gasteiger partial charge is 0.0776 e. The van der Waals surface area contributed by atoms with Crippen molar-refractivity contribution in [2.75, 3.05) is 0 Å². The monoisotopic (exact) mass is 130 g/mol. The van der Waals surface area contributed by atoms with Crippen LogP contribution in [0.1, 0.15) is 59.8 Å². The van der Waals surface area contributed by atoms with Crippen molar-refractivity contribution in [1.82, 2.24) is 0 Å². The van der Waals surface area contributed by atoms with Gasteiger partial charge < -0.3 is 0 Å². The molecule has 0 spiro atoms. The van der Waals surface area contributed by atoms with E-state index in [4.69, 9.17) is 0 Å². The van der Waals surface area contributed by atoms with Crippen LogP contribution in [-0.2, 0) is 0 Å². The summed E-state index contributed by atoms with van der Waals surface area (Å²) in [6.07, 6.45) is 9.00. The molecule has 0 N–H and O–H groups in total. The first-order valence-electron chi connectivity index (χ1n) is 4.00. The lowest BCUT2D eigenvalue weighted by Crippen LogP contribution is -1.85. The fraction of sp³-hybridized carbons (Fsp3) is 1.00. The predicted molar refractivity (Wildman–Crippen MR) is 45.8 cm³/mol. The van der Waals surface area contributed by atoms with Crippen LogP contribution in [0.4, 0.5) is 0 Å². The highest BCUT2D eigenvalue weighted by molar-refractivity contribution is 4.51. The second-order valence-electron chi connectivity index (χ2n) is 2.12. The number of hydrogen-bond donors (Lipinski definition) is 0. The smallest absolute Gasteiger partial charge is 0.0533 e. The van der Waals surface area contributed by atoms with Gasteiger partial charge in [-0.1, -0.05) is 59.8 Å². The van der Waals surface area contributed by atoms with Gasteiger partial charge in [-0.15, -0.1) is 0 Å². The highest BCUT2D eigenvalue weighted by Gasteiger charge is 1.95. The third-order valence-electron chi connectivity index (χ3n) is 1.50. The molecule has 0 atom stereocenters. The highest BCUT2D eigenvalue weighted by Crippen LogP contribution is 2.15. The molecule has 0 amide bonds. The second-order valence-corrected chi connectivity index (χ2v) is 2.12. The molecular formula is C9H22. The van der Waals surface area contributed by atoms with Crippen LogP contribution in [0.5, 0.6) is 0 Å². The number of rotatable bonds is 0. The van der Waals surface area contributed by atoms with E-state index in [9.17, 15) is 0 Å². The van der Waals surface area contributed by atoms with E-state index < -0.39 is 0 Å². The molecule has 0 aliphatic heterocycles. The van der Waals surface area contributed by atoms with Gasteiger partial charge in [0.15, 0.2) is 0 Å². The van der Waals surface area contributed by atoms with Crippen LogP contribution in [0, 0.1) is 0 Å². The fourth-order valence-electron chi connectivity index (χ4n) is 1.06. The molecule has 0 nitrogen and oxygen atoms in total. The Hall–Kier alpha value is 0. The summed E-state index contributed by atoms with van der Waals surface area (Å²) in [6, 6.07) is 0. The molecule has 0 heterocycles. The normalized spacial score (nSPS) is 16.7. The minimum Gasteiger partial charge on any atom is -0.0776 e. The van der Waals surface area contributed by atoms with Crippen LogP contribution in [-0.4, -0.2) is 0 Å². The molecule has 1 aliphatic rings. The minimum atomic E-state index is 0. The van der Waals surface area contributed by atoms with Gasteiger partial charge >= 0.3 is 0 Å². The van der Waals surface area contributed by atoms with E-state index in [0.29, 0.717) is 0 Å². The Bertz CT molecular complexity index is 15.5. The van der Waals surface area contributed by atoms with Crippen molar-refractivity contribution in [2.24, 2.45) is 0 Å². The zero-order valence-electron chi connectivity index (χ0n) is 6.24. The Morgan fingerprint density at radius 1 is 0.556 bits per heavy atom. The highest BCUT2D eigenvalue weighted by atomic mass is 14.0. The number of hydrogen-bond acceptors (Lipinski definition) is 0. The molecule has 1 aliphatic carbocycles. The Morgan fingerprint density at radius 3 is 0.778 bits per heavy atom. The minimum absolute atomic E-state index is 0. The summed E-state index contributed by atoms with van der Waals surface area (Å²) >= 11 is 0. The van der Waals surface area contributed by atoms with Gasteiger partial charge in [0.25, 0.3) is 0 Å². The van der Waals surface area contributed by atoms with Gasteiger partial charge in [0.1, 0.15) is 0 Å². The van der Waals surface area contributed by atoms with E-state index in [1.807, 2.05) is 13.8 Å². The van der Waals surface area contributed by atoms with Gasteiger partial charge in [-0.05, 0) is 0 Å². The molecule has 1 fully saturated rings. The summed E-state index contributed by atoms with van der Waals surface area (Å²) in [5.41, 5.74) is 0. The molecule has 0 radical (unpaired) electrons. The average Bonchev–Trinajstić information content (AvgIpc) is 1.96. The maximum absolute atomic E-state index is 2.00. The van der Waals surface area contributed by atoms with Crippen molar-refractivity contribution in [1.29, 1.82) is 0 Å². The summed E-state index contributed by atoms with van der Waals surface area (Å²) in [5.74, 6) is 0. The average molecular weight is 130 g/mol. The molecule has 0 aromatic carbocycles. The zero-order valence-corrected chi connectivity index (χ0v) is 6.24. The van der Waals surface area contributed by atoms with Crippen molar-refractivity contribution < 1.29 is 0 Å². The van der Waals surface area contributed by atoms with Crippen LogP contribution in [0.15, 0.2) is 0 Å². The van der Waals surface area contributed by atoms with Crippen molar-refractivity contribution in [3.8, 4) is 0 Å². The lowest BCUT2D eigenvalue weighted by Gasteiger charge is -2.05. The maximum atomic E-state index is 2.00. The molecule has 0 unspecified atom stereocenters. The predicted octanol–water partition coefficient (Wildman–Crippen LogP) is 4.00. The Balaban J connectivity index is 0. The van der Waals surface area contributed by atoms with E-state index >= 15 is 0 Å². The van der Waals surface area contributed by atoms with Crippen LogP contribution in [0.3, 0.4) is 0 Å². The summed E-state index contributed by atoms with van der Waals surface area (Å²) in [7, 11) is 0. The molecule has 0 saturated heterocycles. The van der Waals surface area contributed by atoms with Crippen LogP contribution in [0.2, 0.25) is 0 Å². The van der Waals surface area contributed by atoms with Crippen molar-refractivity contribution >= 4 is 0 Å². The molecule has 0 heteroatoms. The maximum Gasteiger partial charge on any atom is -0.0533 e. The van der Waals surface area contributed by atoms with Gasteiger partial charge in [0.05, 0.1) is 0 Å². The molecule has 0 bridgehead atoms. The van der Waals surface area contributed by atoms with E-state index in [-0.39, 0.29) is 7.43 Å². The third kappa shape index (κ3) is 8.00. The van der Waals surface area contributed by atoms with Crippen LogP contribution in [0.25, 0.3) is 0 Å². The molecule has 0 aromatic heterocycles. The van der Waals surface area contributed by atoms with E-state index in [1.54, 1.807) is 0 Å². The van der Waals surface area contributed by atoms with Gasteiger partial charge in [-0.25, -0.2) is 0 Å². The molecular weight excluding hydrogens is 108 g/mol. The fourth-order valence-corrected chi connectivity index (χ4v) is 1.06. The van der Waals surface area contributed by atoms with Crippen molar-refractivity contribution in [2.45, 2.75) is 59.8 Å². The van der Waals surface area contributed by atoms with Gasteiger partial charge in [0.2, 0.25) is 0 Å². The molecule has 0 aromatic rings. The molecule has 9 heavy (non-hydrogen) atoms. The van der Waals surface area contributed by atoms with Crippen molar-refractivity contribution in [3.63, 3.8) is 0 Å².